The molecule has 0 saturated carbocycles. The maximum Gasteiger partial charge on any atom is 0.231 e. The van der Waals surface area contributed by atoms with Crippen LogP contribution in [0.2, 0.25) is 0 Å². The second kappa shape index (κ2) is 5.61. The highest BCUT2D eigenvalue weighted by molar-refractivity contribution is 5.52. The normalized spacial score (nSPS) is 14.1. The summed E-state index contributed by atoms with van der Waals surface area (Å²) < 4.78 is 16.3. The minimum Gasteiger partial charge on any atom is -0.475 e. The average Bonchev–Trinajstić information content (AvgIpc) is 2.83. The van der Waals surface area contributed by atoms with Crippen LogP contribution in [0.3, 0.4) is 0 Å². The van der Waals surface area contributed by atoms with Crippen molar-refractivity contribution in [2.24, 2.45) is 5.73 Å². The summed E-state index contributed by atoms with van der Waals surface area (Å²) in [6, 6.07) is 5.75. The molecule has 0 spiro atoms. The van der Waals surface area contributed by atoms with Crippen LogP contribution in [-0.4, -0.2) is 19.4 Å². The molecule has 1 atom stereocenters. The van der Waals surface area contributed by atoms with Crippen LogP contribution in [0, 0.1) is 11.3 Å². The van der Waals surface area contributed by atoms with Crippen molar-refractivity contribution in [3.63, 3.8) is 0 Å². The maximum absolute atomic E-state index is 8.95. The minimum atomic E-state index is -0.457. The Morgan fingerprint density at radius 2 is 2.17 bits per heavy atom. The zero-order valence-corrected chi connectivity index (χ0v) is 10.3. The number of nitrogens with two attached hydrogens (primary N) is 1. The standard InChI is InChI=1S/C13H16N2O3/c1-2-10(7-15)18-11-6-13-12(16-8-17-13)5-9(11)3-4-14/h5-6,10H,2-4,8,14H2,1H3. The van der Waals surface area contributed by atoms with Gasteiger partial charge in [-0.15, -0.1) is 0 Å². The van der Waals surface area contributed by atoms with Crippen LogP contribution in [0.25, 0.3) is 0 Å². The van der Waals surface area contributed by atoms with Crippen LogP contribution in [0.5, 0.6) is 17.2 Å². The van der Waals surface area contributed by atoms with Gasteiger partial charge in [0.25, 0.3) is 0 Å². The topological polar surface area (TPSA) is 77.5 Å². The van der Waals surface area contributed by atoms with E-state index in [2.05, 4.69) is 6.07 Å². The Morgan fingerprint density at radius 3 is 2.78 bits per heavy atom. The van der Waals surface area contributed by atoms with Crippen LogP contribution in [-0.2, 0) is 6.42 Å². The molecule has 0 amide bonds. The number of nitriles is 1. The van der Waals surface area contributed by atoms with Crippen LogP contribution < -0.4 is 19.9 Å². The predicted molar refractivity (Wildman–Crippen MR) is 65.6 cm³/mol. The molecule has 1 heterocycles. The van der Waals surface area contributed by atoms with Gasteiger partial charge in [-0.3, -0.25) is 0 Å². The van der Waals surface area contributed by atoms with E-state index in [1.807, 2.05) is 13.0 Å². The summed E-state index contributed by atoms with van der Waals surface area (Å²) in [7, 11) is 0. The van der Waals surface area contributed by atoms with Crippen molar-refractivity contribution in [3.05, 3.63) is 17.7 Å². The fraction of sp³-hybridized carbons (Fsp3) is 0.462. The molecule has 0 fully saturated rings. The first-order valence-electron chi connectivity index (χ1n) is 5.97. The van der Waals surface area contributed by atoms with E-state index in [0.29, 0.717) is 36.6 Å². The van der Waals surface area contributed by atoms with E-state index in [-0.39, 0.29) is 6.79 Å². The summed E-state index contributed by atoms with van der Waals surface area (Å²) in [4.78, 5) is 0. The third-order valence-electron chi connectivity index (χ3n) is 2.75. The molecule has 1 aromatic carbocycles. The molecule has 5 nitrogen and oxygen atoms in total. The highest BCUT2D eigenvalue weighted by Crippen LogP contribution is 2.38. The predicted octanol–water partition coefficient (Wildman–Crippen LogP) is 1.60. The summed E-state index contributed by atoms with van der Waals surface area (Å²) in [6.45, 7) is 2.64. The maximum atomic E-state index is 8.95. The molecule has 1 unspecified atom stereocenters. The van der Waals surface area contributed by atoms with E-state index >= 15 is 0 Å². The Labute approximate surface area is 106 Å². The Hall–Kier alpha value is -1.93. The van der Waals surface area contributed by atoms with Crippen molar-refractivity contribution in [1.29, 1.82) is 5.26 Å². The monoisotopic (exact) mass is 248 g/mol. The fourth-order valence-corrected chi connectivity index (χ4v) is 1.78. The van der Waals surface area contributed by atoms with Gasteiger partial charge in [0.15, 0.2) is 17.6 Å². The van der Waals surface area contributed by atoms with E-state index in [0.717, 1.165) is 5.56 Å². The molecule has 2 rings (SSSR count). The molecule has 0 saturated heterocycles. The van der Waals surface area contributed by atoms with E-state index in [1.165, 1.54) is 0 Å². The zero-order valence-electron chi connectivity index (χ0n) is 10.3. The van der Waals surface area contributed by atoms with Crippen LogP contribution in [0.15, 0.2) is 12.1 Å². The van der Waals surface area contributed by atoms with E-state index in [9.17, 15) is 0 Å². The van der Waals surface area contributed by atoms with Crippen molar-refractivity contribution in [2.75, 3.05) is 13.3 Å². The molecule has 0 bridgehead atoms. The number of ether oxygens (including phenoxy) is 3. The minimum absolute atomic E-state index is 0.219. The summed E-state index contributed by atoms with van der Waals surface area (Å²) in [5, 5.41) is 8.95. The van der Waals surface area contributed by atoms with Crippen molar-refractivity contribution in [2.45, 2.75) is 25.9 Å². The van der Waals surface area contributed by atoms with Crippen molar-refractivity contribution >= 4 is 0 Å². The SMILES string of the molecule is CCC(C#N)Oc1cc2c(cc1CCN)OCO2. The second-order valence-corrected chi connectivity index (χ2v) is 4.00. The molecule has 1 aromatic rings. The van der Waals surface area contributed by atoms with Gasteiger partial charge in [0, 0.05) is 6.07 Å². The molecule has 0 radical (unpaired) electrons. The van der Waals surface area contributed by atoms with Gasteiger partial charge in [-0.05, 0) is 31.0 Å². The average molecular weight is 248 g/mol. The summed E-state index contributed by atoms with van der Waals surface area (Å²) in [6.07, 6.45) is 0.850. The number of hydrogen-bond acceptors (Lipinski definition) is 5. The Kier molecular flexibility index (Phi) is 3.90. The smallest absolute Gasteiger partial charge is 0.231 e. The van der Waals surface area contributed by atoms with Gasteiger partial charge in [-0.1, -0.05) is 6.92 Å². The van der Waals surface area contributed by atoms with Crippen molar-refractivity contribution in [3.8, 4) is 23.3 Å². The quantitative estimate of drug-likeness (QED) is 0.856. The van der Waals surface area contributed by atoms with Crippen LogP contribution in [0.4, 0.5) is 0 Å². The lowest BCUT2D eigenvalue weighted by molar-refractivity contribution is 0.173. The number of hydrogen-bond donors (Lipinski definition) is 1. The Bertz CT molecular complexity index is 468. The molecule has 2 N–H and O–H groups in total. The lowest BCUT2D eigenvalue weighted by atomic mass is 10.1. The highest BCUT2D eigenvalue weighted by atomic mass is 16.7. The first kappa shape index (κ1) is 12.5. The molecule has 1 aliphatic heterocycles. The first-order chi connectivity index (χ1) is 8.78. The van der Waals surface area contributed by atoms with Gasteiger partial charge in [-0.25, -0.2) is 0 Å². The summed E-state index contributed by atoms with van der Waals surface area (Å²) in [5.74, 6) is 2.01. The van der Waals surface area contributed by atoms with Gasteiger partial charge in [0.1, 0.15) is 11.8 Å². The molecular formula is C13H16N2O3. The highest BCUT2D eigenvalue weighted by Gasteiger charge is 2.19. The number of benzene rings is 1. The van der Waals surface area contributed by atoms with Gasteiger partial charge in [0.05, 0.1) is 0 Å². The Morgan fingerprint density at radius 1 is 1.44 bits per heavy atom. The fourth-order valence-electron chi connectivity index (χ4n) is 1.78. The zero-order chi connectivity index (χ0) is 13.0. The molecule has 18 heavy (non-hydrogen) atoms. The third-order valence-corrected chi connectivity index (χ3v) is 2.75. The van der Waals surface area contributed by atoms with E-state index < -0.39 is 6.10 Å². The summed E-state index contributed by atoms with van der Waals surface area (Å²) in [5.41, 5.74) is 6.52. The molecule has 0 aliphatic carbocycles. The third kappa shape index (κ3) is 2.49. The molecular weight excluding hydrogens is 232 g/mol. The summed E-state index contributed by atoms with van der Waals surface area (Å²) >= 11 is 0. The molecule has 0 aromatic heterocycles. The van der Waals surface area contributed by atoms with E-state index in [1.54, 1.807) is 6.07 Å². The van der Waals surface area contributed by atoms with Gasteiger partial charge in [0.2, 0.25) is 6.79 Å². The van der Waals surface area contributed by atoms with Gasteiger partial charge in [-0.2, -0.15) is 5.26 Å². The first-order valence-corrected chi connectivity index (χ1v) is 5.97. The largest absolute Gasteiger partial charge is 0.475 e. The van der Waals surface area contributed by atoms with Crippen molar-refractivity contribution < 1.29 is 14.2 Å². The second-order valence-electron chi connectivity index (χ2n) is 4.00. The van der Waals surface area contributed by atoms with Crippen molar-refractivity contribution in [1.82, 2.24) is 0 Å². The van der Waals surface area contributed by atoms with Gasteiger partial charge >= 0.3 is 0 Å². The van der Waals surface area contributed by atoms with E-state index in [4.69, 9.17) is 25.2 Å². The lowest BCUT2D eigenvalue weighted by Gasteiger charge is -2.15. The van der Waals surface area contributed by atoms with Crippen LogP contribution in [0.1, 0.15) is 18.9 Å². The Balaban J connectivity index is 2.29. The molecule has 5 heteroatoms. The molecule has 1 aliphatic rings. The number of nitrogens with zero attached hydrogens (tertiary/aromatic N) is 1. The van der Waals surface area contributed by atoms with Gasteiger partial charge < -0.3 is 19.9 Å². The molecule has 96 valence electrons. The van der Waals surface area contributed by atoms with Crippen LogP contribution >= 0.6 is 0 Å². The number of fused-ring (bicyclic) bond motifs is 1. The number of rotatable bonds is 5. The lowest BCUT2D eigenvalue weighted by Crippen LogP contribution is -2.14.